The Hall–Kier alpha value is -2.28. The van der Waals surface area contributed by atoms with Gasteiger partial charge >= 0.3 is 0 Å². The first kappa shape index (κ1) is 14.6. The Morgan fingerprint density at radius 2 is 2.23 bits per heavy atom. The largest absolute Gasteiger partial charge is 0.353 e. The Balaban J connectivity index is 1.54. The fourth-order valence-electron chi connectivity index (χ4n) is 2.48. The van der Waals surface area contributed by atoms with Gasteiger partial charge in [-0.3, -0.25) is 4.79 Å². The topological polar surface area (TPSA) is 84.7 Å². The van der Waals surface area contributed by atoms with E-state index in [9.17, 15) is 4.79 Å². The van der Waals surface area contributed by atoms with E-state index in [1.54, 1.807) is 0 Å². The van der Waals surface area contributed by atoms with Gasteiger partial charge in [-0.1, -0.05) is 29.8 Å². The van der Waals surface area contributed by atoms with E-state index < -0.39 is 0 Å². The predicted molar refractivity (Wildman–Crippen MR) is 82.0 cm³/mol. The van der Waals surface area contributed by atoms with Crippen molar-refractivity contribution in [1.29, 1.82) is 0 Å². The van der Waals surface area contributed by atoms with Crippen LogP contribution in [0.25, 0.3) is 11.4 Å². The van der Waals surface area contributed by atoms with Crippen molar-refractivity contribution in [3.8, 4) is 11.4 Å². The number of nitrogens with one attached hydrogen (secondary N) is 2. The molecule has 2 aromatic rings. The van der Waals surface area contributed by atoms with Gasteiger partial charge < -0.3 is 10.6 Å². The summed E-state index contributed by atoms with van der Waals surface area (Å²) in [5, 5.41) is 18.4. The molecule has 1 aromatic heterocycles. The molecule has 1 aliphatic heterocycles. The van der Waals surface area contributed by atoms with Crippen molar-refractivity contribution >= 4 is 5.91 Å². The lowest BCUT2D eigenvalue weighted by Gasteiger charge is -2.10. The summed E-state index contributed by atoms with van der Waals surface area (Å²) in [4.78, 5) is 13.2. The van der Waals surface area contributed by atoms with Crippen molar-refractivity contribution in [2.75, 3.05) is 13.1 Å². The van der Waals surface area contributed by atoms with Gasteiger partial charge in [-0.25, -0.2) is 0 Å². The lowest BCUT2D eigenvalue weighted by atomic mass is 10.1. The molecule has 0 spiro atoms. The number of amides is 1. The average molecular weight is 300 g/mol. The highest BCUT2D eigenvalue weighted by atomic mass is 16.2. The minimum absolute atomic E-state index is 0.0889. The van der Waals surface area contributed by atoms with Gasteiger partial charge in [0, 0.05) is 18.2 Å². The number of tetrazole rings is 1. The number of carbonyl (C=O) groups excluding carboxylic acids is 1. The van der Waals surface area contributed by atoms with Crippen molar-refractivity contribution in [3.05, 3.63) is 29.8 Å². The quantitative estimate of drug-likeness (QED) is 0.841. The van der Waals surface area contributed by atoms with Gasteiger partial charge in [0.15, 0.2) is 0 Å². The van der Waals surface area contributed by atoms with E-state index in [1.165, 1.54) is 16.8 Å². The zero-order valence-corrected chi connectivity index (χ0v) is 12.6. The maximum atomic E-state index is 11.9. The standard InChI is InChI=1S/C15H20N6O/c1-11-4-6-12(7-5-11)15-18-20-21(19-15)10-14(22)17-9-13-3-2-8-16-13/h4-7,13,16H,2-3,8-10H2,1H3,(H,17,22). The third kappa shape index (κ3) is 3.67. The van der Waals surface area contributed by atoms with Crippen LogP contribution in [0.5, 0.6) is 0 Å². The van der Waals surface area contributed by atoms with Crippen molar-refractivity contribution in [1.82, 2.24) is 30.8 Å². The zero-order valence-electron chi connectivity index (χ0n) is 12.6. The number of carbonyl (C=O) groups is 1. The molecule has 2 heterocycles. The molecule has 1 aromatic carbocycles. The maximum absolute atomic E-state index is 11.9. The summed E-state index contributed by atoms with van der Waals surface area (Å²) in [7, 11) is 0. The van der Waals surface area contributed by atoms with Crippen LogP contribution in [0.1, 0.15) is 18.4 Å². The first-order chi connectivity index (χ1) is 10.7. The van der Waals surface area contributed by atoms with Crippen molar-refractivity contribution in [2.24, 2.45) is 0 Å². The second kappa shape index (κ2) is 6.65. The highest BCUT2D eigenvalue weighted by Gasteiger charge is 2.15. The predicted octanol–water partition coefficient (Wildman–Crippen LogP) is 0.517. The van der Waals surface area contributed by atoms with Crippen molar-refractivity contribution < 1.29 is 4.79 Å². The molecule has 116 valence electrons. The van der Waals surface area contributed by atoms with Crippen LogP contribution in [0, 0.1) is 6.92 Å². The van der Waals surface area contributed by atoms with E-state index in [2.05, 4.69) is 26.0 Å². The normalized spacial score (nSPS) is 17.6. The summed E-state index contributed by atoms with van der Waals surface area (Å²) in [6, 6.07) is 8.27. The third-order valence-electron chi connectivity index (χ3n) is 3.76. The molecule has 7 heteroatoms. The zero-order chi connectivity index (χ0) is 15.4. The van der Waals surface area contributed by atoms with Crippen LogP contribution >= 0.6 is 0 Å². The number of hydrogen-bond acceptors (Lipinski definition) is 5. The number of nitrogens with zero attached hydrogens (tertiary/aromatic N) is 4. The Morgan fingerprint density at radius 1 is 1.41 bits per heavy atom. The van der Waals surface area contributed by atoms with Crippen LogP contribution in [0.4, 0.5) is 0 Å². The van der Waals surface area contributed by atoms with Crippen LogP contribution in [-0.4, -0.2) is 45.2 Å². The summed E-state index contributed by atoms with van der Waals surface area (Å²) in [6.07, 6.45) is 2.28. The Morgan fingerprint density at radius 3 is 2.95 bits per heavy atom. The summed E-state index contributed by atoms with van der Waals surface area (Å²) in [5.41, 5.74) is 2.07. The Kier molecular flexibility index (Phi) is 4.43. The van der Waals surface area contributed by atoms with Gasteiger partial charge in [0.1, 0.15) is 6.54 Å². The molecule has 3 rings (SSSR count). The van der Waals surface area contributed by atoms with Crippen LogP contribution in [-0.2, 0) is 11.3 Å². The minimum atomic E-state index is -0.0958. The van der Waals surface area contributed by atoms with Gasteiger partial charge in [0.2, 0.25) is 11.7 Å². The molecule has 0 saturated carbocycles. The molecule has 1 atom stereocenters. The maximum Gasteiger partial charge on any atom is 0.243 e. The summed E-state index contributed by atoms with van der Waals surface area (Å²) >= 11 is 0. The van der Waals surface area contributed by atoms with E-state index in [0.717, 1.165) is 18.5 Å². The van der Waals surface area contributed by atoms with Crippen molar-refractivity contribution in [3.63, 3.8) is 0 Å². The fourth-order valence-corrected chi connectivity index (χ4v) is 2.48. The number of rotatable bonds is 5. The van der Waals surface area contributed by atoms with E-state index in [0.29, 0.717) is 18.4 Å². The first-order valence-electron chi connectivity index (χ1n) is 7.55. The Bertz CT molecular complexity index is 630. The van der Waals surface area contributed by atoms with Gasteiger partial charge in [0.05, 0.1) is 0 Å². The molecular formula is C15H20N6O. The molecule has 0 bridgehead atoms. The number of hydrogen-bond donors (Lipinski definition) is 2. The van der Waals surface area contributed by atoms with E-state index >= 15 is 0 Å². The highest BCUT2D eigenvalue weighted by molar-refractivity contribution is 5.75. The molecule has 0 aliphatic carbocycles. The molecule has 0 radical (unpaired) electrons. The average Bonchev–Trinajstić information content (AvgIpc) is 3.17. The molecule has 1 unspecified atom stereocenters. The van der Waals surface area contributed by atoms with E-state index in [-0.39, 0.29) is 12.5 Å². The molecule has 1 fully saturated rings. The SMILES string of the molecule is Cc1ccc(-c2nnn(CC(=O)NCC3CCCN3)n2)cc1. The number of aryl methyl sites for hydroxylation is 1. The number of benzene rings is 1. The molecular weight excluding hydrogens is 280 g/mol. The monoisotopic (exact) mass is 300 g/mol. The summed E-state index contributed by atoms with van der Waals surface area (Å²) in [6.45, 7) is 3.80. The molecule has 22 heavy (non-hydrogen) atoms. The highest BCUT2D eigenvalue weighted by Crippen LogP contribution is 2.13. The van der Waals surface area contributed by atoms with Gasteiger partial charge in [0.25, 0.3) is 0 Å². The van der Waals surface area contributed by atoms with E-state index in [4.69, 9.17) is 0 Å². The molecule has 2 N–H and O–H groups in total. The van der Waals surface area contributed by atoms with Gasteiger partial charge in [-0.05, 0) is 31.5 Å². The summed E-state index contributed by atoms with van der Waals surface area (Å²) < 4.78 is 0. The smallest absolute Gasteiger partial charge is 0.243 e. The molecule has 1 saturated heterocycles. The van der Waals surface area contributed by atoms with Crippen LogP contribution < -0.4 is 10.6 Å². The van der Waals surface area contributed by atoms with Crippen LogP contribution in [0.15, 0.2) is 24.3 Å². The molecule has 1 amide bonds. The lowest BCUT2D eigenvalue weighted by molar-refractivity contribution is -0.122. The lowest BCUT2D eigenvalue weighted by Crippen LogP contribution is -2.38. The minimum Gasteiger partial charge on any atom is -0.353 e. The second-order valence-corrected chi connectivity index (χ2v) is 5.61. The van der Waals surface area contributed by atoms with Gasteiger partial charge in [-0.15, -0.1) is 10.2 Å². The molecule has 1 aliphatic rings. The fraction of sp³-hybridized carbons (Fsp3) is 0.467. The Labute approximate surface area is 129 Å². The molecule has 7 nitrogen and oxygen atoms in total. The van der Waals surface area contributed by atoms with Gasteiger partial charge in [-0.2, -0.15) is 4.80 Å². The summed E-state index contributed by atoms with van der Waals surface area (Å²) in [5.74, 6) is 0.437. The second-order valence-electron chi connectivity index (χ2n) is 5.61. The van der Waals surface area contributed by atoms with Crippen LogP contribution in [0.2, 0.25) is 0 Å². The third-order valence-corrected chi connectivity index (χ3v) is 3.76. The first-order valence-corrected chi connectivity index (χ1v) is 7.55. The van der Waals surface area contributed by atoms with E-state index in [1.807, 2.05) is 31.2 Å². The van der Waals surface area contributed by atoms with Crippen molar-refractivity contribution in [2.45, 2.75) is 32.4 Å². The number of aromatic nitrogens is 4. The van der Waals surface area contributed by atoms with Crippen LogP contribution in [0.3, 0.4) is 0 Å².